The van der Waals surface area contributed by atoms with E-state index in [2.05, 4.69) is 17.0 Å². The molecule has 198 valence electrons. The van der Waals surface area contributed by atoms with Crippen LogP contribution in [0.1, 0.15) is 30.4 Å². The summed E-state index contributed by atoms with van der Waals surface area (Å²) < 4.78 is 35.5. The number of benzene rings is 2. The van der Waals surface area contributed by atoms with Gasteiger partial charge in [-0.25, -0.2) is 12.4 Å². The summed E-state index contributed by atoms with van der Waals surface area (Å²) in [5.41, 5.74) is 4.00. The van der Waals surface area contributed by atoms with Crippen molar-refractivity contribution in [3.05, 3.63) is 88.5 Å². The highest BCUT2D eigenvalue weighted by Gasteiger charge is 2.37. The highest BCUT2D eigenvalue weighted by molar-refractivity contribution is 7.90. The van der Waals surface area contributed by atoms with Gasteiger partial charge in [-0.1, -0.05) is 42.0 Å². The normalized spacial score (nSPS) is 17.9. The Morgan fingerprint density at radius 2 is 1.66 bits per heavy atom. The zero-order chi connectivity index (χ0) is 26.5. The van der Waals surface area contributed by atoms with Crippen LogP contribution in [-0.4, -0.2) is 48.2 Å². The highest BCUT2D eigenvalue weighted by Crippen LogP contribution is 2.39. The fraction of sp³-hybridized carbons (Fsp3) is 0.367. The van der Waals surface area contributed by atoms with Crippen molar-refractivity contribution in [2.24, 2.45) is 12.5 Å². The van der Waals surface area contributed by atoms with Crippen molar-refractivity contribution < 1.29 is 13.2 Å². The summed E-state index contributed by atoms with van der Waals surface area (Å²) in [7, 11) is -2.32. The predicted molar refractivity (Wildman–Crippen MR) is 149 cm³/mol. The molecular formula is C30H33N3O4S. The first-order chi connectivity index (χ1) is 18.3. The van der Waals surface area contributed by atoms with Gasteiger partial charge in [0.25, 0.3) is 15.6 Å². The van der Waals surface area contributed by atoms with E-state index in [-0.39, 0.29) is 16.0 Å². The average Bonchev–Trinajstić information content (AvgIpc) is 3.54. The zero-order valence-electron chi connectivity index (χ0n) is 21.9. The van der Waals surface area contributed by atoms with Crippen LogP contribution in [0, 0.1) is 12.3 Å². The van der Waals surface area contributed by atoms with Crippen LogP contribution in [0.3, 0.4) is 0 Å². The van der Waals surface area contributed by atoms with E-state index in [1.807, 2.05) is 25.1 Å². The number of nitrogens with zero attached hydrogens (tertiary/aromatic N) is 3. The average molecular weight is 532 g/mol. The van der Waals surface area contributed by atoms with Gasteiger partial charge >= 0.3 is 0 Å². The molecule has 2 aromatic heterocycles. The summed E-state index contributed by atoms with van der Waals surface area (Å²) in [5.74, 6) is 0. The molecule has 2 saturated heterocycles. The highest BCUT2D eigenvalue weighted by atomic mass is 32.2. The summed E-state index contributed by atoms with van der Waals surface area (Å²) in [6.45, 7) is 6.77. The molecule has 2 aliphatic heterocycles. The number of piperidine rings is 1. The van der Waals surface area contributed by atoms with Crippen LogP contribution in [-0.2, 0) is 28.4 Å². The lowest BCUT2D eigenvalue weighted by Crippen LogP contribution is -2.39. The van der Waals surface area contributed by atoms with Gasteiger partial charge < -0.3 is 9.30 Å². The van der Waals surface area contributed by atoms with Gasteiger partial charge in [-0.05, 0) is 74.0 Å². The van der Waals surface area contributed by atoms with Gasteiger partial charge in [-0.15, -0.1) is 0 Å². The smallest absolute Gasteiger partial charge is 0.275 e. The molecule has 7 nitrogen and oxygen atoms in total. The Kier molecular flexibility index (Phi) is 6.29. The molecule has 38 heavy (non-hydrogen) atoms. The van der Waals surface area contributed by atoms with Gasteiger partial charge in [0.15, 0.2) is 0 Å². The Morgan fingerprint density at radius 3 is 2.32 bits per heavy atom. The molecule has 0 aliphatic carbocycles. The third-order valence-corrected chi connectivity index (χ3v) is 10.0. The number of rotatable bonds is 5. The van der Waals surface area contributed by atoms with Crippen molar-refractivity contribution in [1.82, 2.24) is 13.4 Å². The van der Waals surface area contributed by atoms with Crippen molar-refractivity contribution in [1.29, 1.82) is 0 Å². The molecule has 2 aromatic carbocycles. The quantitative estimate of drug-likeness (QED) is 0.378. The molecule has 0 unspecified atom stereocenters. The monoisotopic (exact) mass is 531 g/mol. The van der Waals surface area contributed by atoms with E-state index in [1.54, 1.807) is 43.7 Å². The molecule has 8 heteroatoms. The zero-order valence-corrected chi connectivity index (χ0v) is 22.7. The number of aromatic nitrogens is 2. The number of ether oxygens (including phenoxy) is 1. The molecular weight excluding hydrogens is 498 g/mol. The number of fused-ring (bicyclic) bond motifs is 1. The molecule has 2 fully saturated rings. The lowest BCUT2D eigenvalue weighted by Gasteiger charge is -2.38. The second-order valence-corrected chi connectivity index (χ2v) is 12.7. The Labute approximate surface area is 223 Å². The molecule has 0 atom stereocenters. The maximum Gasteiger partial charge on any atom is 0.275 e. The molecule has 4 heterocycles. The van der Waals surface area contributed by atoms with Crippen molar-refractivity contribution in [3.8, 4) is 11.1 Å². The number of pyridine rings is 1. The van der Waals surface area contributed by atoms with Crippen molar-refractivity contribution >= 4 is 20.9 Å². The van der Waals surface area contributed by atoms with Crippen LogP contribution < -0.4 is 5.56 Å². The van der Waals surface area contributed by atoms with E-state index in [0.717, 1.165) is 53.5 Å². The van der Waals surface area contributed by atoms with E-state index < -0.39 is 10.0 Å². The maximum atomic E-state index is 13.6. The summed E-state index contributed by atoms with van der Waals surface area (Å²) in [6.07, 6.45) is 6.84. The largest absolute Gasteiger partial charge is 0.381 e. The van der Waals surface area contributed by atoms with E-state index in [4.69, 9.17) is 4.74 Å². The fourth-order valence-electron chi connectivity index (χ4n) is 5.82. The second kappa shape index (κ2) is 9.52. The molecule has 0 bridgehead atoms. The molecule has 0 radical (unpaired) electrons. The molecule has 1 spiro atoms. The molecule has 6 rings (SSSR count). The van der Waals surface area contributed by atoms with E-state index in [1.165, 1.54) is 29.4 Å². The summed E-state index contributed by atoms with van der Waals surface area (Å²) in [6, 6.07) is 16.8. The van der Waals surface area contributed by atoms with E-state index >= 15 is 0 Å². The van der Waals surface area contributed by atoms with Gasteiger partial charge in [-0.3, -0.25) is 9.69 Å². The number of hydrogen-bond acceptors (Lipinski definition) is 5. The van der Waals surface area contributed by atoms with Crippen LogP contribution in [0.25, 0.3) is 22.0 Å². The van der Waals surface area contributed by atoms with Crippen LogP contribution in [0.15, 0.2) is 76.7 Å². The van der Waals surface area contributed by atoms with E-state index in [9.17, 15) is 13.2 Å². The Hall–Kier alpha value is -3.20. The first-order valence-corrected chi connectivity index (χ1v) is 14.6. The Bertz CT molecular complexity index is 1630. The van der Waals surface area contributed by atoms with Crippen LogP contribution in [0.2, 0.25) is 0 Å². The van der Waals surface area contributed by atoms with Crippen LogP contribution in [0.5, 0.6) is 0 Å². The fourth-order valence-corrected chi connectivity index (χ4v) is 7.19. The minimum atomic E-state index is -3.96. The molecule has 0 N–H and O–H groups in total. The van der Waals surface area contributed by atoms with Crippen LogP contribution >= 0.6 is 0 Å². The van der Waals surface area contributed by atoms with E-state index in [0.29, 0.717) is 10.8 Å². The maximum absolute atomic E-state index is 13.6. The number of likely N-dealkylation sites (tertiary alicyclic amines) is 1. The summed E-state index contributed by atoms with van der Waals surface area (Å²) in [4.78, 5) is 15.8. The molecule has 0 saturated carbocycles. The lowest BCUT2D eigenvalue weighted by atomic mass is 9.78. The second-order valence-electron chi connectivity index (χ2n) is 10.9. The first kappa shape index (κ1) is 25.1. The summed E-state index contributed by atoms with van der Waals surface area (Å²) >= 11 is 0. The topological polar surface area (TPSA) is 73.5 Å². The van der Waals surface area contributed by atoms with Gasteiger partial charge in [0.05, 0.1) is 11.5 Å². The number of hydrogen-bond donors (Lipinski definition) is 0. The molecule has 4 aromatic rings. The van der Waals surface area contributed by atoms with Gasteiger partial charge in [0.2, 0.25) is 0 Å². The molecule has 0 amide bonds. The minimum Gasteiger partial charge on any atom is -0.381 e. The van der Waals surface area contributed by atoms with Gasteiger partial charge in [0.1, 0.15) is 5.52 Å². The van der Waals surface area contributed by atoms with Gasteiger partial charge in [-0.2, -0.15) is 0 Å². The van der Waals surface area contributed by atoms with Crippen molar-refractivity contribution in [3.63, 3.8) is 0 Å². The Balaban J connectivity index is 1.31. The summed E-state index contributed by atoms with van der Waals surface area (Å²) in [5, 5.41) is 0.622. The predicted octanol–water partition coefficient (Wildman–Crippen LogP) is 4.55. The number of aryl methyl sites for hydroxylation is 2. The third-order valence-electron chi connectivity index (χ3n) is 8.35. The first-order valence-electron chi connectivity index (χ1n) is 13.2. The third kappa shape index (κ3) is 4.40. The van der Waals surface area contributed by atoms with Crippen molar-refractivity contribution in [2.75, 3.05) is 26.3 Å². The van der Waals surface area contributed by atoms with Crippen molar-refractivity contribution in [2.45, 2.75) is 37.6 Å². The Morgan fingerprint density at radius 1 is 0.947 bits per heavy atom. The standard InChI is InChI=1S/C30H33N3O4S/c1-22-3-9-25(10-4-22)38(35,36)33-20-27(26-11-15-31(2)29(34)28(26)33)24-7-5-23(6-8-24)19-32-16-12-30(13-17-32)14-18-37-21-30/h3-11,15,20H,12-14,16-19,21H2,1-2H3. The molecule has 2 aliphatic rings. The van der Waals surface area contributed by atoms with Crippen LogP contribution in [0.4, 0.5) is 0 Å². The van der Waals surface area contributed by atoms with Gasteiger partial charge in [0, 0.05) is 43.5 Å². The SMILES string of the molecule is Cc1ccc(S(=O)(=O)n2cc(-c3ccc(CN4CCC5(CCOC5)CC4)cc3)c3ccn(C)c(=O)c32)cc1. The minimum absolute atomic E-state index is 0.153. The lowest BCUT2D eigenvalue weighted by molar-refractivity contribution is 0.0773.